The van der Waals surface area contributed by atoms with E-state index in [0.29, 0.717) is 6.54 Å². The molecule has 0 spiro atoms. The van der Waals surface area contributed by atoms with Crippen LogP contribution in [0.4, 0.5) is 0 Å². The van der Waals surface area contributed by atoms with Crippen molar-refractivity contribution in [2.24, 2.45) is 11.7 Å². The van der Waals surface area contributed by atoms with Crippen molar-refractivity contribution in [1.29, 1.82) is 0 Å². The fourth-order valence-corrected chi connectivity index (χ4v) is 1.12. The van der Waals surface area contributed by atoms with Crippen LogP contribution in [0.15, 0.2) is 0 Å². The van der Waals surface area contributed by atoms with Gasteiger partial charge in [-0.15, -0.1) is 0 Å². The van der Waals surface area contributed by atoms with Crippen LogP contribution >= 0.6 is 0 Å². The lowest BCUT2D eigenvalue weighted by molar-refractivity contribution is -0.145. The Labute approximate surface area is 83.9 Å². The van der Waals surface area contributed by atoms with E-state index in [1.165, 1.54) is 4.90 Å². The second kappa shape index (κ2) is 5.59. The molecule has 5 heteroatoms. The minimum atomic E-state index is -1.01. The van der Waals surface area contributed by atoms with Gasteiger partial charge in [0.05, 0.1) is 6.04 Å². The van der Waals surface area contributed by atoms with Gasteiger partial charge in [-0.25, -0.2) is 0 Å². The van der Waals surface area contributed by atoms with E-state index in [4.69, 9.17) is 10.8 Å². The number of nitrogens with two attached hydrogens (primary N) is 1. The number of carbonyl (C=O) groups excluding carboxylic acids is 1. The van der Waals surface area contributed by atoms with Gasteiger partial charge in [-0.3, -0.25) is 9.59 Å². The largest absolute Gasteiger partial charge is 0.480 e. The number of carbonyl (C=O) groups is 2. The molecule has 1 atom stereocenters. The fourth-order valence-electron chi connectivity index (χ4n) is 1.12. The Balaban J connectivity index is 4.38. The highest BCUT2D eigenvalue weighted by Crippen LogP contribution is 2.00. The van der Waals surface area contributed by atoms with Crippen molar-refractivity contribution >= 4 is 11.9 Å². The summed E-state index contributed by atoms with van der Waals surface area (Å²) in [6, 6.07) is -0.645. The van der Waals surface area contributed by atoms with Gasteiger partial charge in [0.15, 0.2) is 0 Å². The smallest absolute Gasteiger partial charge is 0.323 e. The van der Waals surface area contributed by atoms with Gasteiger partial charge in [0.1, 0.15) is 6.54 Å². The van der Waals surface area contributed by atoms with Crippen molar-refractivity contribution < 1.29 is 14.7 Å². The molecule has 0 aromatic heterocycles. The molecular formula is C9H18N2O3. The van der Waals surface area contributed by atoms with E-state index in [9.17, 15) is 9.59 Å². The average molecular weight is 202 g/mol. The van der Waals surface area contributed by atoms with Crippen molar-refractivity contribution in [2.75, 3.05) is 13.1 Å². The summed E-state index contributed by atoms with van der Waals surface area (Å²) < 4.78 is 0. The minimum absolute atomic E-state index is 0.233. The number of nitrogens with zero attached hydrogens (tertiary/aromatic N) is 1. The summed E-state index contributed by atoms with van der Waals surface area (Å²) >= 11 is 0. The van der Waals surface area contributed by atoms with E-state index in [1.54, 1.807) is 6.92 Å². The maximum Gasteiger partial charge on any atom is 0.323 e. The molecule has 0 bridgehead atoms. The fraction of sp³-hybridized carbons (Fsp3) is 0.778. The molecule has 0 unspecified atom stereocenters. The molecule has 0 rings (SSSR count). The first kappa shape index (κ1) is 12.9. The Morgan fingerprint density at radius 2 is 1.86 bits per heavy atom. The normalized spacial score (nSPS) is 12.6. The summed E-state index contributed by atoms with van der Waals surface area (Å²) in [5, 5.41) is 8.59. The molecular weight excluding hydrogens is 184 g/mol. The lowest BCUT2D eigenvalue weighted by atomic mass is 10.2. The number of aliphatic carboxylic acids is 1. The predicted octanol–water partition coefficient (Wildman–Crippen LogP) is -0.0972. The third-order valence-electron chi connectivity index (χ3n) is 1.61. The third kappa shape index (κ3) is 4.81. The quantitative estimate of drug-likeness (QED) is 0.652. The van der Waals surface area contributed by atoms with Crippen LogP contribution in [0.25, 0.3) is 0 Å². The van der Waals surface area contributed by atoms with Crippen LogP contribution < -0.4 is 5.73 Å². The molecule has 0 aliphatic heterocycles. The highest BCUT2D eigenvalue weighted by atomic mass is 16.4. The molecule has 0 heterocycles. The van der Waals surface area contributed by atoms with E-state index in [1.807, 2.05) is 13.8 Å². The van der Waals surface area contributed by atoms with Gasteiger partial charge in [-0.05, 0) is 12.8 Å². The maximum absolute atomic E-state index is 11.5. The topological polar surface area (TPSA) is 83.6 Å². The van der Waals surface area contributed by atoms with Gasteiger partial charge in [0, 0.05) is 6.54 Å². The Kier molecular flexibility index (Phi) is 5.15. The van der Waals surface area contributed by atoms with Crippen LogP contribution in [-0.2, 0) is 9.59 Å². The van der Waals surface area contributed by atoms with Crippen LogP contribution in [0.3, 0.4) is 0 Å². The van der Waals surface area contributed by atoms with Crippen molar-refractivity contribution in [3.05, 3.63) is 0 Å². The van der Waals surface area contributed by atoms with E-state index < -0.39 is 12.0 Å². The zero-order valence-corrected chi connectivity index (χ0v) is 8.86. The molecule has 0 aromatic rings. The minimum Gasteiger partial charge on any atom is -0.480 e. The Morgan fingerprint density at radius 3 is 2.14 bits per heavy atom. The lowest BCUT2D eigenvalue weighted by Gasteiger charge is -2.24. The molecule has 0 aromatic carbocycles. The lowest BCUT2D eigenvalue weighted by Crippen LogP contribution is -2.45. The SMILES string of the molecule is CC(C)CN(CC(=O)O)C(=O)[C@H](C)N. The third-order valence-corrected chi connectivity index (χ3v) is 1.61. The molecule has 3 N–H and O–H groups in total. The summed E-state index contributed by atoms with van der Waals surface area (Å²) in [7, 11) is 0. The molecule has 14 heavy (non-hydrogen) atoms. The van der Waals surface area contributed by atoms with Crippen molar-refractivity contribution in [3.8, 4) is 0 Å². The van der Waals surface area contributed by atoms with Crippen molar-refractivity contribution in [2.45, 2.75) is 26.8 Å². The zero-order valence-electron chi connectivity index (χ0n) is 8.86. The first-order valence-corrected chi connectivity index (χ1v) is 4.60. The van der Waals surface area contributed by atoms with Gasteiger partial charge in [0.25, 0.3) is 0 Å². The highest BCUT2D eigenvalue weighted by Gasteiger charge is 2.20. The number of carboxylic acids is 1. The molecule has 0 saturated heterocycles. The number of rotatable bonds is 5. The van der Waals surface area contributed by atoms with E-state index in [0.717, 1.165) is 0 Å². The van der Waals surface area contributed by atoms with Crippen LogP contribution in [0.1, 0.15) is 20.8 Å². The maximum atomic E-state index is 11.5. The van der Waals surface area contributed by atoms with Crippen molar-refractivity contribution in [3.63, 3.8) is 0 Å². The average Bonchev–Trinajstić information content (AvgIpc) is 1.99. The van der Waals surface area contributed by atoms with E-state index in [2.05, 4.69) is 0 Å². The number of amides is 1. The molecule has 82 valence electrons. The van der Waals surface area contributed by atoms with Crippen LogP contribution in [0.5, 0.6) is 0 Å². The van der Waals surface area contributed by atoms with Crippen LogP contribution in [-0.4, -0.2) is 41.0 Å². The van der Waals surface area contributed by atoms with E-state index >= 15 is 0 Å². The second-order valence-corrected chi connectivity index (χ2v) is 3.80. The summed E-state index contributed by atoms with van der Waals surface area (Å²) in [6.45, 7) is 5.54. The van der Waals surface area contributed by atoms with E-state index in [-0.39, 0.29) is 18.4 Å². The summed E-state index contributed by atoms with van der Waals surface area (Å²) in [5.41, 5.74) is 5.40. The van der Waals surface area contributed by atoms with Crippen LogP contribution in [0.2, 0.25) is 0 Å². The van der Waals surface area contributed by atoms with Gasteiger partial charge in [-0.2, -0.15) is 0 Å². The standard InChI is InChI=1S/C9H18N2O3/c1-6(2)4-11(5-8(12)13)9(14)7(3)10/h6-7H,4-5,10H2,1-3H3,(H,12,13)/t7-/m0/s1. The Bertz CT molecular complexity index is 214. The molecule has 0 radical (unpaired) electrons. The van der Waals surface area contributed by atoms with Crippen LogP contribution in [0, 0.1) is 5.92 Å². The van der Waals surface area contributed by atoms with Gasteiger partial charge in [-0.1, -0.05) is 13.8 Å². The molecule has 0 aliphatic carbocycles. The first-order chi connectivity index (χ1) is 6.34. The first-order valence-electron chi connectivity index (χ1n) is 4.60. The zero-order chi connectivity index (χ0) is 11.3. The molecule has 0 fully saturated rings. The predicted molar refractivity (Wildman–Crippen MR) is 52.7 cm³/mol. The molecule has 5 nitrogen and oxygen atoms in total. The summed E-state index contributed by atoms with van der Waals surface area (Å²) in [5.74, 6) is -1.10. The Hall–Kier alpha value is -1.10. The number of hydrogen-bond donors (Lipinski definition) is 2. The summed E-state index contributed by atoms with van der Waals surface area (Å²) in [6.07, 6.45) is 0. The monoisotopic (exact) mass is 202 g/mol. The Morgan fingerprint density at radius 1 is 1.36 bits per heavy atom. The number of carboxylic acid groups (broad SMARTS) is 1. The molecule has 0 saturated carbocycles. The van der Waals surface area contributed by atoms with Gasteiger partial charge >= 0.3 is 5.97 Å². The van der Waals surface area contributed by atoms with Crippen molar-refractivity contribution in [1.82, 2.24) is 4.90 Å². The number of hydrogen-bond acceptors (Lipinski definition) is 3. The van der Waals surface area contributed by atoms with Gasteiger partial charge in [0.2, 0.25) is 5.91 Å². The highest BCUT2D eigenvalue weighted by molar-refractivity contribution is 5.84. The summed E-state index contributed by atoms with van der Waals surface area (Å²) in [4.78, 5) is 23.2. The second-order valence-electron chi connectivity index (χ2n) is 3.80. The van der Waals surface area contributed by atoms with Gasteiger partial charge < -0.3 is 15.7 Å². The molecule has 0 aliphatic rings. The molecule has 1 amide bonds.